The van der Waals surface area contributed by atoms with Gasteiger partial charge in [0.05, 0.1) is 34.2 Å². The monoisotopic (exact) mass is 706 g/mol. The number of rotatable bonds is 17. The van der Waals surface area contributed by atoms with Crippen molar-refractivity contribution in [3.05, 3.63) is 95.0 Å². The first-order chi connectivity index (χ1) is 23.4. The molecule has 0 aliphatic carbocycles. The fourth-order valence-electron chi connectivity index (χ4n) is 4.81. The minimum absolute atomic E-state index is 0.0447. The fraction of sp³-hybridized carbons (Fsp3) is 0.250. The van der Waals surface area contributed by atoms with Gasteiger partial charge in [-0.15, -0.1) is 11.3 Å². The number of fused-ring (bicyclic) bond motifs is 1. The Morgan fingerprint density at radius 3 is 2.29 bits per heavy atom. The molecule has 0 bridgehead atoms. The van der Waals surface area contributed by atoms with E-state index in [0.717, 1.165) is 4.70 Å². The van der Waals surface area contributed by atoms with Crippen LogP contribution in [0.2, 0.25) is 0 Å². The van der Waals surface area contributed by atoms with Gasteiger partial charge in [0.2, 0.25) is 27.6 Å². The summed E-state index contributed by atoms with van der Waals surface area (Å²) in [6.45, 7) is -0.381. The number of thiazole rings is 1. The van der Waals surface area contributed by atoms with Crippen LogP contribution in [0, 0.1) is 0 Å². The summed E-state index contributed by atoms with van der Waals surface area (Å²) in [6.07, 6.45) is 0.381. The number of amides is 2. The second kappa shape index (κ2) is 17.1. The van der Waals surface area contributed by atoms with Crippen LogP contribution in [-0.4, -0.2) is 68.1 Å². The van der Waals surface area contributed by atoms with Crippen LogP contribution < -0.4 is 38.3 Å². The highest BCUT2D eigenvalue weighted by Gasteiger charge is 2.28. The van der Waals surface area contributed by atoms with E-state index < -0.39 is 46.2 Å². The van der Waals surface area contributed by atoms with E-state index >= 15 is 0 Å². The van der Waals surface area contributed by atoms with Crippen LogP contribution in [0.25, 0.3) is 10.2 Å². The Hall–Kier alpha value is -5.39. The molecule has 0 spiro atoms. The number of hydrogen-bond acceptors (Lipinski definition) is 9. The molecule has 0 saturated heterocycles. The molecule has 1 aromatic heterocycles. The van der Waals surface area contributed by atoms with E-state index in [2.05, 4.69) is 30.3 Å². The van der Waals surface area contributed by atoms with E-state index in [1.165, 1.54) is 11.3 Å². The highest BCUT2D eigenvalue weighted by atomic mass is 32.2. The third-order valence-corrected chi connectivity index (χ3v) is 9.38. The molecule has 11 N–H and O–H groups in total. The number of guanidine groups is 2. The lowest BCUT2D eigenvalue weighted by atomic mass is 10.0. The van der Waals surface area contributed by atoms with Crippen LogP contribution in [0.15, 0.2) is 88.8 Å². The predicted octanol–water partition coefficient (Wildman–Crippen LogP) is 0.769. The minimum atomic E-state index is -3.96. The predicted molar refractivity (Wildman–Crippen MR) is 190 cm³/mol. The number of benzene rings is 3. The Kier molecular flexibility index (Phi) is 12.7. The van der Waals surface area contributed by atoms with Crippen molar-refractivity contribution in [2.45, 2.75) is 37.1 Å². The van der Waals surface area contributed by atoms with Crippen molar-refractivity contribution in [3.63, 3.8) is 0 Å². The molecule has 2 atom stereocenters. The van der Waals surface area contributed by atoms with E-state index in [1.54, 1.807) is 60.7 Å². The largest absolute Gasteiger partial charge is 0.370 e. The van der Waals surface area contributed by atoms with Crippen LogP contribution >= 0.6 is 11.3 Å². The van der Waals surface area contributed by atoms with Crippen molar-refractivity contribution in [3.8, 4) is 0 Å². The fourth-order valence-corrected chi connectivity index (χ4v) is 7.14. The number of nitrogens with two attached hydrogens (primary N) is 4. The van der Waals surface area contributed by atoms with E-state index in [1.807, 2.05) is 18.2 Å². The Morgan fingerprint density at radius 2 is 1.57 bits per heavy atom. The highest BCUT2D eigenvalue weighted by molar-refractivity contribution is 7.88. The molecule has 0 radical (unpaired) electrons. The Bertz CT molecular complexity index is 1910. The van der Waals surface area contributed by atoms with Gasteiger partial charge in [-0.2, -0.15) is 0 Å². The second-order valence-electron chi connectivity index (χ2n) is 11.0. The van der Waals surface area contributed by atoms with Gasteiger partial charge in [0.15, 0.2) is 16.9 Å². The maximum absolute atomic E-state index is 13.7. The molecule has 0 aliphatic heterocycles. The number of Topliss-reactive ketones (excluding diaryl/α,β-unsaturated/α-hetero) is 1. The standard InChI is InChI=1S/C32H38N10O5S2/c33-31(34)37-15-7-13-24(42-49(46,47)19-20-8-2-1-3-9-20)29(45)38-18-27(43)40-25(17-21-10-6-11-22(16-21)39-32(35)36)28(44)30-41-23-12-4-5-14-26(23)48-30/h1-6,8-12,14,16,24-25,42H,7,13,15,17-19H2,(H,38,45)(H,40,43)(H4,33,34,37)(H4,35,36,39)/t24-,25+/m1/s1. The molecular weight excluding hydrogens is 669 g/mol. The Balaban J connectivity index is 1.48. The molecule has 0 fully saturated rings. The second-order valence-corrected chi connectivity index (χ2v) is 13.7. The van der Waals surface area contributed by atoms with Gasteiger partial charge in [0.1, 0.15) is 6.04 Å². The van der Waals surface area contributed by atoms with Crippen molar-refractivity contribution in [1.82, 2.24) is 20.3 Å². The van der Waals surface area contributed by atoms with Crippen molar-refractivity contribution < 1.29 is 22.8 Å². The first-order valence-electron chi connectivity index (χ1n) is 15.1. The number of carbonyl (C=O) groups excluding carboxylic acids is 3. The number of para-hydroxylation sites is 1. The lowest BCUT2D eigenvalue weighted by Gasteiger charge is -2.20. The molecule has 4 rings (SSSR count). The highest BCUT2D eigenvalue weighted by Crippen LogP contribution is 2.24. The number of nitrogens with one attached hydrogen (secondary N) is 3. The summed E-state index contributed by atoms with van der Waals surface area (Å²) in [5, 5.41) is 5.39. The molecule has 0 unspecified atom stereocenters. The number of aliphatic imine (C=N–C) groups is 2. The Labute approximate surface area is 287 Å². The summed E-state index contributed by atoms with van der Waals surface area (Å²) in [5.74, 6) is -2.48. The molecule has 15 nitrogen and oxygen atoms in total. The number of aromatic nitrogens is 1. The van der Waals surface area contributed by atoms with Gasteiger partial charge in [0.25, 0.3) is 0 Å². The summed E-state index contributed by atoms with van der Waals surface area (Å²) in [7, 11) is -3.96. The van der Waals surface area contributed by atoms with E-state index in [-0.39, 0.29) is 48.5 Å². The number of hydrogen-bond donors (Lipinski definition) is 7. The molecular formula is C32H38N10O5S2. The third-order valence-electron chi connectivity index (χ3n) is 6.97. The molecule has 4 aromatic rings. The quantitative estimate of drug-likeness (QED) is 0.0351. The average Bonchev–Trinajstić information content (AvgIpc) is 3.49. The normalized spacial score (nSPS) is 12.4. The van der Waals surface area contributed by atoms with Gasteiger partial charge in [-0.05, 0) is 48.2 Å². The van der Waals surface area contributed by atoms with Crippen molar-refractivity contribution in [2.24, 2.45) is 32.9 Å². The van der Waals surface area contributed by atoms with E-state index in [0.29, 0.717) is 22.3 Å². The van der Waals surface area contributed by atoms with Gasteiger partial charge >= 0.3 is 0 Å². The minimum Gasteiger partial charge on any atom is -0.370 e. The lowest BCUT2D eigenvalue weighted by molar-refractivity contribution is -0.127. The lowest BCUT2D eigenvalue weighted by Crippen LogP contribution is -2.51. The maximum atomic E-state index is 13.7. The Morgan fingerprint density at radius 1 is 0.857 bits per heavy atom. The zero-order chi connectivity index (χ0) is 35.4. The molecule has 1 heterocycles. The topological polar surface area (TPSA) is 263 Å². The SMILES string of the molecule is NC(N)=NCCC[C@@H](NS(=O)(=O)Cc1ccccc1)C(=O)NCC(=O)N[C@@H](Cc1cccc(N=C(N)N)c1)C(=O)c1nc2ccccc2s1. The van der Waals surface area contributed by atoms with Crippen molar-refractivity contribution >= 4 is 66.8 Å². The summed E-state index contributed by atoms with van der Waals surface area (Å²) in [4.78, 5) is 52.6. The van der Waals surface area contributed by atoms with Gasteiger partial charge < -0.3 is 33.6 Å². The molecule has 2 amide bonds. The molecule has 49 heavy (non-hydrogen) atoms. The zero-order valence-corrected chi connectivity index (χ0v) is 28.0. The number of carbonyl (C=O) groups is 3. The van der Waals surface area contributed by atoms with Crippen LogP contribution in [0.3, 0.4) is 0 Å². The summed E-state index contributed by atoms with van der Waals surface area (Å²) >= 11 is 1.20. The van der Waals surface area contributed by atoms with Crippen LogP contribution in [-0.2, 0) is 31.8 Å². The van der Waals surface area contributed by atoms with E-state index in [4.69, 9.17) is 22.9 Å². The number of nitrogens with zero attached hydrogens (tertiary/aromatic N) is 3. The number of sulfonamides is 1. The van der Waals surface area contributed by atoms with Crippen LogP contribution in [0.4, 0.5) is 5.69 Å². The number of ketones is 1. The molecule has 17 heteroatoms. The zero-order valence-electron chi connectivity index (χ0n) is 26.4. The van der Waals surface area contributed by atoms with Gasteiger partial charge in [-0.25, -0.2) is 23.1 Å². The van der Waals surface area contributed by atoms with Crippen LogP contribution in [0.5, 0.6) is 0 Å². The van der Waals surface area contributed by atoms with Gasteiger partial charge in [-0.3, -0.25) is 19.4 Å². The molecule has 258 valence electrons. The summed E-state index contributed by atoms with van der Waals surface area (Å²) < 4.78 is 29.2. The molecule has 0 aliphatic rings. The average molecular weight is 707 g/mol. The molecule has 0 saturated carbocycles. The van der Waals surface area contributed by atoms with Crippen LogP contribution in [0.1, 0.15) is 33.8 Å². The third kappa shape index (κ3) is 11.7. The van der Waals surface area contributed by atoms with Gasteiger partial charge in [-0.1, -0.05) is 54.6 Å². The summed E-state index contributed by atoms with van der Waals surface area (Å²) in [5.41, 5.74) is 24.1. The van der Waals surface area contributed by atoms with Crippen molar-refractivity contribution in [1.29, 1.82) is 0 Å². The molecule has 3 aromatic carbocycles. The van der Waals surface area contributed by atoms with Crippen molar-refractivity contribution in [2.75, 3.05) is 13.1 Å². The first kappa shape index (κ1) is 36.4. The first-order valence-corrected chi connectivity index (χ1v) is 17.6. The smallest absolute Gasteiger partial charge is 0.240 e. The maximum Gasteiger partial charge on any atom is 0.240 e. The van der Waals surface area contributed by atoms with Gasteiger partial charge in [0, 0.05) is 13.0 Å². The summed E-state index contributed by atoms with van der Waals surface area (Å²) in [6, 6.07) is 20.3. The van der Waals surface area contributed by atoms with E-state index in [9.17, 15) is 22.8 Å².